The zero-order chi connectivity index (χ0) is 12.5. The third-order valence-electron chi connectivity index (χ3n) is 3.06. The number of piperidine rings is 1. The van der Waals surface area contributed by atoms with Gasteiger partial charge < -0.3 is 4.90 Å². The number of alkyl halides is 3. The van der Waals surface area contributed by atoms with E-state index in [1.165, 1.54) is 18.7 Å². The number of halogens is 3. The Morgan fingerprint density at radius 1 is 1.35 bits per heavy atom. The SMILES string of the molecule is CC1CCCN(c2ccc(C(F)(F)F)nc2)C1. The lowest BCUT2D eigenvalue weighted by Crippen LogP contribution is -2.34. The summed E-state index contributed by atoms with van der Waals surface area (Å²) in [4.78, 5) is 5.58. The van der Waals surface area contributed by atoms with Gasteiger partial charge in [0, 0.05) is 13.1 Å². The molecule has 1 unspecified atom stereocenters. The monoisotopic (exact) mass is 244 g/mol. The maximum Gasteiger partial charge on any atom is 0.433 e. The Labute approximate surface area is 98.5 Å². The third kappa shape index (κ3) is 2.90. The Balaban J connectivity index is 2.12. The molecule has 1 aliphatic rings. The molecule has 0 N–H and O–H groups in total. The third-order valence-corrected chi connectivity index (χ3v) is 3.06. The van der Waals surface area contributed by atoms with Gasteiger partial charge in [0.2, 0.25) is 0 Å². The number of anilines is 1. The predicted molar refractivity (Wildman–Crippen MR) is 59.9 cm³/mol. The van der Waals surface area contributed by atoms with Crippen molar-refractivity contribution in [2.75, 3.05) is 18.0 Å². The van der Waals surface area contributed by atoms with E-state index in [9.17, 15) is 13.2 Å². The first kappa shape index (κ1) is 12.2. The molecule has 0 amide bonds. The standard InChI is InChI=1S/C12H15F3N2/c1-9-3-2-6-17(8-9)10-4-5-11(16-7-10)12(13,14)15/h4-5,7,9H,2-3,6,8H2,1H3. The fraction of sp³-hybridized carbons (Fsp3) is 0.583. The number of nitrogens with zero attached hydrogens (tertiary/aromatic N) is 2. The van der Waals surface area contributed by atoms with Gasteiger partial charge in [0.15, 0.2) is 0 Å². The zero-order valence-corrected chi connectivity index (χ0v) is 9.67. The first-order valence-electron chi connectivity index (χ1n) is 5.75. The van der Waals surface area contributed by atoms with E-state index in [1.54, 1.807) is 0 Å². The summed E-state index contributed by atoms with van der Waals surface area (Å²) in [6, 6.07) is 2.56. The van der Waals surface area contributed by atoms with Crippen LogP contribution in [0.3, 0.4) is 0 Å². The molecule has 1 aromatic heterocycles. The molecule has 0 bridgehead atoms. The van der Waals surface area contributed by atoms with Crippen LogP contribution >= 0.6 is 0 Å². The quantitative estimate of drug-likeness (QED) is 0.753. The minimum Gasteiger partial charge on any atom is -0.370 e. The Kier molecular flexibility index (Phi) is 3.26. The molecule has 2 heterocycles. The van der Waals surface area contributed by atoms with Gasteiger partial charge in [-0.1, -0.05) is 6.92 Å². The normalized spacial score (nSPS) is 21.6. The molecule has 1 aliphatic heterocycles. The lowest BCUT2D eigenvalue weighted by atomic mass is 10.00. The van der Waals surface area contributed by atoms with Crippen LogP contribution in [0.15, 0.2) is 18.3 Å². The molecule has 94 valence electrons. The fourth-order valence-corrected chi connectivity index (χ4v) is 2.16. The van der Waals surface area contributed by atoms with Crippen molar-refractivity contribution in [2.45, 2.75) is 25.9 Å². The summed E-state index contributed by atoms with van der Waals surface area (Å²) in [5.41, 5.74) is -0.0455. The van der Waals surface area contributed by atoms with Crippen LogP contribution in [0.1, 0.15) is 25.5 Å². The number of rotatable bonds is 1. The van der Waals surface area contributed by atoms with E-state index in [0.717, 1.165) is 31.3 Å². The molecule has 1 saturated heterocycles. The van der Waals surface area contributed by atoms with Crippen molar-refractivity contribution in [3.8, 4) is 0 Å². The molecular weight excluding hydrogens is 229 g/mol. The van der Waals surface area contributed by atoms with Crippen LogP contribution in [0.2, 0.25) is 0 Å². The first-order chi connectivity index (χ1) is 7.97. The highest BCUT2D eigenvalue weighted by atomic mass is 19.4. The molecule has 0 radical (unpaired) electrons. The molecular formula is C12H15F3N2. The van der Waals surface area contributed by atoms with Crippen molar-refractivity contribution in [3.63, 3.8) is 0 Å². The van der Waals surface area contributed by atoms with Crippen LogP contribution in [0.4, 0.5) is 18.9 Å². The van der Waals surface area contributed by atoms with E-state index in [0.29, 0.717) is 5.92 Å². The van der Waals surface area contributed by atoms with Crippen LogP contribution in [-0.4, -0.2) is 18.1 Å². The average molecular weight is 244 g/mol. The van der Waals surface area contributed by atoms with E-state index in [-0.39, 0.29) is 0 Å². The molecule has 1 atom stereocenters. The topological polar surface area (TPSA) is 16.1 Å². The van der Waals surface area contributed by atoms with E-state index < -0.39 is 11.9 Å². The molecule has 0 saturated carbocycles. The van der Waals surface area contributed by atoms with Crippen molar-refractivity contribution in [2.24, 2.45) is 5.92 Å². The van der Waals surface area contributed by atoms with Gasteiger partial charge in [0.05, 0.1) is 11.9 Å². The maximum atomic E-state index is 12.3. The fourth-order valence-electron chi connectivity index (χ4n) is 2.16. The van der Waals surface area contributed by atoms with Crippen LogP contribution in [-0.2, 0) is 6.18 Å². The minimum atomic E-state index is -4.35. The average Bonchev–Trinajstić information content (AvgIpc) is 2.28. The second kappa shape index (κ2) is 4.55. The Bertz CT molecular complexity index is 372. The van der Waals surface area contributed by atoms with Gasteiger partial charge in [-0.25, -0.2) is 4.98 Å². The van der Waals surface area contributed by atoms with Crippen LogP contribution in [0.5, 0.6) is 0 Å². The van der Waals surface area contributed by atoms with Crippen molar-refractivity contribution in [3.05, 3.63) is 24.0 Å². The molecule has 1 fully saturated rings. The number of pyridine rings is 1. The van der Waals surface area contributed by atoms with Crippen molar-refractivity contribution < 1.29 is 13.2 Å². The van der Waals surface area contributed by atoms with Crippen molar-refractivity contribution in [1.82, 2.24) is 4.98 Å². The van der Waals surface area contributed by atoms with Crippen LogP contribution in [0.25, 0.3) is 0 Å². The summed E-state index contributed by atoms with van der Waals surface area (Å²) in [7, 11) is 0. The summed E-state index contributed by atoms with van der Waals surface area (Å²) in [5.74, 6) is 0.589. The highest BCUT2D eigenvalue weighted by molar-refractivity contribution is 5.45. The lowest BCUT2D eigenvalue weighted by Gasteiger charge is -2.32. The smallest absolute Gasteiger partial charge is 0.370 e. The Morgan fingerprint density at radius 2 is 2.12 bits per heavy atom. The zero-order valence-electron chi connectivity index (χ0n) is 9.67. The van der Waals surface area contributed by atoms with Crippen molar-refractivity contribution >= 4 is 5.69 Å². The minimum absolute atomic E-state index is 0.589. The lowest BCUT2D eigenvalue weighted by molar-refractivity contribution is -0.141. The predicted octanol–water partition coefficient (Wildman–Crippen LogP) is 3.34. The number of hydrogen-bond acceptors (Lipinski definition) is 2. The summed E-state index contributed by atoms with van der Waals surface area (Å²) in [5, 5.41) is 0. The molecule has 17 heavy (non-hydrogen) atoms. The first-order valence-corrected chi connectivity index (χ1v) is 5.75. The number of aromatic nitrogens is 1. The van der Waals surface area contributed by atoms with Gasteiger partial charge >= 0.3 is 6.18 Å². The highest BCUT2D eigenvalue weighted by Crippen LogP contribution is 2.29. The Hall–Kier alpha value is -1.26. The summed E-state index contributed by atoms with van der Waals surface area (Å²) >= 11 is 0. The molecule has 0 aliphatic carbocycles. The van der Waals surface area contributed by atoms with E-state index in [1.807, 2.05) is 0 Å². The van der Waals surface area contributed by atoms with E-state index >= 15 is 0 Å². The van der Waals surface area contributed by atoms with Gasteiger partial charge in [-0.15, -0.1) is 0 Å². The van der Waals surface area contributed by atoms with E-state index in [4.69, 9.17) is 0 Å². The van der Waals surface area contributed by atoms with Crippen LogP contribution in [0, 0.1) is 5.92 Å². The molecule has 2 nitrogen and oxygen atoms in total. The van der Waals surface area contributed by atoms with Gasteiger partial charge in [-0.05, 0) is 30.9 Å². The largest absolute Gasteiger partial charge is 0.433 e. The summed E-state index contributed by atoms with van der Waals surface area (Å²) < 4.78 is 37.0. The highest BCUT2D eigenvalue weighted by Gasteiger charge is 2.32. The van der Waals surface area contributed by atoms with Gasteiger partial charge in [0.1, 0.15) is 5.69 Å². The molecule has 0 aromatic carbocycles. The summed E-state index contributed by atoms with van der Waals surface area (Å²) in [6.07, 6.45) is -0.763. The van der Waals surface area contributed by atoms with Gasteiger partial charge in [0.25, 0.3) is 0 Å². The maximum absolute atomic E-state index is 12.3. The molecule has 1 aromatic rings. The Morgan fingerprint density at radius 3 is 2.65 bits per heavy atom. The van der Waals surface area contributed by atoms with Crippen molar-refractivity contribution in [1.29, 1.82) is 0 Å². The number of hydrogen-bond donors (Lipinski definition) is 0. The van der Waals surface area contributed by atoms with Gasteiger partial charge in [-0.3, -0.25) is 0 Å². The van der Waals surface area contributed by atoms with Gasteiger partial charge in [-0.2, -0.15) is 13.2 Å². The van der Waals surface area contributed by atoms with Crippen LogP contribution < -0.4 is 4.90 Å². The summed E-state index contributed by atoms with van der Waals surface area (Å²) in [6.45, 7) is 3.95. The molecule has 5 heteroatoms. The second-order valence-electron chi connectivity index (χ2n) is 4.59. The molecule has 0 spiro atoms. The van der Waals surface area contributed by atoms with E-state index in [2.05, 4.69) is 16.8 Å². The second-order valence-corrected chi connectivity index (χ2v) is 4.59. The molecule has 2 rings (SSSR count).